The van der Waals surface area contributed by atoms with Crippen LogP contribution in [0.15, 0.2) is 42.6 Å². The standard InChI is InChI=1S/C18H17ClN4O2/c19-15-1-3-16(4-2-15)25-13-18(24)23-9-7-22(8-10-23)17-11-14(12-20)5-6-21-17/h1-6,11H,7-10,13H2. The first kappa shape index (κ1) is 17.1. The number of amides is 1. The van der Waals surface area contributed by atoms with E-state index in [0.717, 1.165) is 5.82 Å². The van der Waals surface area contributed by atoms with Gasteiger partial charge in [0.1, 0.15) is 11.6 Å². The zero-order valence-electron chi connectivity index (χ0n) is 13.6. The van der Waals surface area contributed by atoms with Crippen molar-refractivity contribution in [1.82, 2.24) is 9.88 Å². The number of nitriles is 1. The van der Waals surface area contributed by atoms with Gasteiger partial charge in [0.2, 0.25) is 0 Å². The molecule has 0 N–H and O–H groups in total. The number of benzene rings is 1. The van der Waals surface area contributed by atoms with Crippen LogP contribution in [0, 0.1) is 11.3 Å². The molecule has 0 saturated carbocycles. The molecule has 1 aliphatic rings. The Bertz CT molecular complexity index is 780. The predicted molar refractivity (Wildman–Crippen MR) is 94.7 cm³/mol. The molecule has 0 radical (unpaired) electrons. The molecule has 7 heteroatoms. The van der Waals surface area contributed by atoms with E-state index in [-0.39, 0.29) is 12.5 Å². The maximum Gasteiger partial charge on any atom is 0.260 e. The lowest BCUT2D eigenvalue weighted by Gasteiger charge is -2.35. The van der Waals surface area contributed by atoms with E-state index < -0.39 is 0 Å². The minimum Gasteiger partial charge on any atom is -0.484 e. The number of ether oxygens (including phenoxy) is 1. The third-order valence-electron chi connectivity index (χ3n) is 4.01. The van der Waals surface area contributed by atoms with E-state index >= 15 is 0 Å². The van der Waals surface area contributed by atoms with Gasteiger partial charge in [-0.1, -0.05) is 11.6 Å². The van der Waals surface area contributed by atoms with Gasteiger partial charge in [-0.2, -0.15) is 5.26 Å². The van der Waals surface area contributed by atoms with Crippen molar-refractivity contribution in [2.45, 2.75) is 0 Å². The third-order valence-corrected chi connectivity index (χ3v) is 4.26. The number of carbonyl (C=O) groups excluding carboxylic acids is 1. The second-order valence-corrected chi connectivity index (χ2v) is 6.06. The van der Waals surface area contributed by atoms with Gasteiger partial charge in [-0.15, -0.1) is 0 Å². The lowest BCUT2D eigenvalue weighted by atomic mass is 10.2. The van der Waals surface area contributed by atoms with E-state index in [1.165, 1.54) is 0 Å². The molecule has 0 unspecified atom stereocenters. The lowest BCUT2D eigenvalue weighted by molar-refractivity contribution is -0.133. The quantitative estimate of drug-likeness (QED) is 0.841. The molecule has 1 aromatic carbocycles. The average Bonchev–Trinajstić information content (AvgIpc) is 2.67. The normalized spacial score (nSPS) is 14.1. The Morgan fingerprint density at radius 2 is 1.92 bits per heavy atom. The second kappa shape index (κ2) is 7.86. The van der Waals surface area contributed by atoms with E-state index in [2.05, 4.69) is 16.0 Å². The number of pyridine rings is 1. The highest BCUT2D eigenvalue weighted by molar-refractivity contribution is 6.30. The van der Waals surface area contributed by atoms with Gasteiger partial charge in [0.15, 0.2) is 6.61 Å². The summed E-state index contributed by atoms with van der Waals surface area (Å²) in [6.07, 6.45) is 1.63. The third kappa shape index (κ3) is 4.40. The van der Waals surface area contributed by atoms with Crippen LogP contribution < -0.4 is 9.64 Å². The SMILES string of the molecule is N#Cc1ccnc(N2CCN(C(=O)COc3ccc(Cl)cc3)CC2)c1. The Morgan fingerprint density at radius 3 is 2.60 bits per heavy atom. The largest absolute Gasteiger partial charge is 0.484 e. The Labute approximate surface area is 151 Å². The van der Waals surface area contributed by atoms with Crippen molar-refractivity contribution < 1.29 is 9.53 Å². The van der Waals surface area contributed by atoms with Gasteiger partial charge in [-0.25, -0.2) is 4.98 Å². The number of piperazine rings is 1. The Hall–Kier alpha value is -2.78. The average molecular weight is 357 g/mol. The summed E-state index contributed by atoms with van der Waals surface area (Å²) in [5.74, 6) is 1.34. The fourth-order valence-electron chi connectivity index (χ4n) is 2.61. The number of hydrogen-bond acceptors (Lipinski definition) is 5. The molecule has 0 atom stereocenters. The van der Waals surface area contributed by atoms with Crippen molar-refractivity contribution in [1.29, 1.82) is 5.26 Å². The highest BCUT2D eigenvalue weighted by Gasteiger charge is 2.22. The highest BCUT2D eigenvalue weighted by atomic mass is 35.5. The number of aromatic nitrogens is 1. The number of hydrogen-bond donors (Lipinski definition) is 0. The van der Waals surface area contributed by atoms with Crippen LogP contribution in [-0.4, -0.2) is 48.6 Å². The fraction of sp³-hybridized carbons (Fsp3) is 0.278. The van der Waals surface area contributed by atoms with Gasteiger partial charge in [0, 0.05) is 37.4 Å². The van der Waals surface area contributed by atoms with Crippen LogP contribution in [0.5, 0.6) is 5.75 Å². The summed E-state index contributed by atoms with van der Waals surface area (Å²) in [5, 5.41) is 9.60. The number of halogens is 1. The minimum absolute atomic E-state index is 0.00377. The molecule has 1 fully saturated rings. The smallest absolute Gasteiger partial charge is 0.260 e. The molecular weight excluding hydrogens is 340 g/mol. The molecule has 1 aromatic heterocycles. The summed E-state index contributed by atoms with van der Waals surface area (Å²) >= 11 is 5.82. The molecule has 128 valence electrons. The first-order valence-electron chi connectivity index (χ1n) is 7.93. The van der Waals surface area contributed by atoms with E-state index in [4.69, 9.17) is 21.6 Å². The maximum absolute atomic E-state index is 12.3. The summed E-state index contributed by atoms with van der Waals surface area (Å²) in [7, 11) is 0. The maximum atomic E-state index is 12.3. The van der Waals surface area contributed by atoms with Crippen LogP contribution in [-0.2, 0) is 4.79 Å². The zero-order valence-corrected chi connectivity index (χ0v) is 14.3. The monoisotopic (exact) mass is 356 g/mol. The molecule has 6 nitrogen and oxygen atoms in total. The van der Waals surface area contributed by atoms with Crippen LogP contribution in [0.25, 0.3) is 0 Å². The van der Waals surface area contributed by atoms with Crippen LogP contribution in [0.3, 0.4) is 0 Å². The van der Waals surface area contributed by atoms with Crippen LogP contribution in [0.4, 0.5) is 5.82 Å². The van der Waals surface area contributed by atoms with Gasteiger partial charge in [-0.3, -0.25) is 4.79 Å². The minimum atomic E-state index is -0.0478. The van der Waals surface area contributed by atoms with Crippen molar-refractivity contribution in [3.05, 3.63) is 53.2 Å². The number of rotatable bonds is 4. The van der Waals surface area contributed by atoms with E-state index in [0.29, 0.717) is 42.5 Å². The van der Waals surface area contributed by atoms with Crippen molar-refractivity contribution in [2.75, 3.05) is 37.7 Å². The molecule has 25 heavy (non-hydrogen) atoms. The van der Waals surface area contributed by atoms with Gasteiger partial charge < -0.3 is 14.5 Å². The molecule has 2 aromatic rings. The summed E-state index contributed by atoms with van der Waals surface area (Å²) in [4.78, 5) is 20.4. The Kier molecular flexibility index (Phi) is 5.36. The first-order chi connectivity index (χ1) is 12.2. The topological polar surface area (TPSA) is 69.5 Å². The van der Waals surface area contributed by atoms with Crippen LogP contribution in [0.2, 0.25) is 5.02 Å². The highest BCUT2D eigenvalue weighted by Crippen LogP contribution is 2.17. The van der Waals surface area contributed by atoms with E-state index in [9.17, 15) is 4.79 Å². The summed E-state index contributed by atoms with van der Waals surface area (Å²) in [5.41, 5.74) is 0.583. The number of anilines is 1. The fourth-order valence-corrected chi connectivity index (χ4v) is 2.74. The number of carbonyl (C=O) groups is 1. The molecule has 0 spiro atoms. The zero-order chi connectivity index (χ0) is 17.6. The van der Waals surface area contributed by atoms with Crippen LogP contribution >= 0.6 is 11.6 Å². The Balaban J connectivity index is 1.50. The lowest BCUT2D eigenvalue weighted by Crippen LogP contribution is -2.50. The second-order valence-electron chi connectivity index (χ2n) is 5.62. The van der Waals surface area contributed by atoms with Gasteiger partial charge >= 0.3 is 0 Å². The van der Waals surface area contributed by atoms with E-state index in [1.807, 2.05) is 0 Å². The molecule has 2 heterocycles. The summed E-state index contributed by atoms with van der Waals surface area (Å²) in [6, 6.07) is 12.5. The molecule has 0 aliphatic carbocycles. The summed E-state index contributed by atoms with van der Waals surface area (Å²) in [6.45, 7) is 2.55. The Morgan fingerprint density at radius 1 is 1.20 bits per heavy atom. The van der Waals surface area contributed by atoms with Crippen molar-refractivity contribution in [2.24, 2.45) is 0 Å². The molecule has 1 aliphatic heterocycles. The van der Waals surface area contributed by atoms with Crippen molar-refractivity contribution in [3.63, 3.8) is 0 Å². The van der Waals surface area contributed by atoms with Crippen molar-refractivity contribution in [3.8, 4) is 11.8 Å². The molecule has 3 rings (SSSR count). The van der Waals surface area contributed by atoms with Gasteiger partial charge in [0.05, 0.1) is 11.6 Å². The van der Waals surface area contributed by atoms with Gasteiger partial charge in [0.25, 0.3) is 5.91 Å². The summed E-state index contributed by atoms with van der Waals surface area (Å²) < 4.78 is 5.51. The molecule has 1 amide bonds. The van der Waals surface area contributed by atoms with Crippen LogP contribution in [0.1, 0.15) is 5.56 Å². The van der Waals surface area contributed by atoms with E-state index in [1.54, 1.807) is 47.5 Å². The van der Waals surface area contributed by atoms with Gasteiger partial charge in [-0.05, 0) is 36.4 Å². The first-order valence-corrected chi connectivity index (χ1v) is 8.31. The predicted octanol–water partition coefficient (Wildman–Crippen LogP) is 2.33. The molecule has 0 bridgehead atoms. The molecule has 1 saturated heterocycles. The van der Waals surface area contributed by atoms with Crippen molar-refractivity contribution >= 4 is 23.3 Å². The molecular formula is C18H17ClN4O2. The number of nitrogens with zero attached hydrogens (tertiary/aromatic N) is 4.